The summed E-state index contributed by atoms with van der Waals surface area (Å²) in [5.41, 5.74) is 1.44. The van der Waals surface area contributed by atoms with E-state index in [1.165, 1.54) is 0 Å². The molecular weight excluding hydrogens is 278 g/mol. The Hall–Kier alpha value is -1.75. The van der Waals surface area contributed by atoms with Gasteiger partial charge in [0.1, 0.15) is 6.04 Å². The van der Waals surface area contributed by atoms with Crippen molar-refractivity contribution in [2.24, 2.45) is 0 Å². The maximum Gasteiger partial charge on any atom is 0.319 e. The van der Waals surface area contributed by atoms with Gasteiger partial charge in [0.2, 0.25) is 5.91 Å². The van der Waals surface area contributed by atoms with Crippen LogP contribution in [0.4, 0.5) is 10.5 Å². The first kappa shape index (κ1) is 14.7. The van der Waals surface area contributed by atoms with Gasteiger partial charge < -0.3 is 16.0 Å². The Morgan fingerprint density at radius 1 is 1.40 bits per heavy atom. The van der Waals surface area contributed by atoms with Crippen LogP contribution in [0.2, 0.25) is 5.02 Å². The molecule has 20 heavy (non-hydrogen) atoms. The maximum absolute atomic E-state index is 12.0. The average molecular weight is 296 g/mol. The third-order valence-electron chi connectivity index (χ3n) is 3.30. The summed E-state index contributed by atoms with van der Waals surface area (Å²) >= 11 is 6.05. The van der Waals surface area contributed by atoms with Gasteiger partial charge in [-0.05, 0) is 37.8 Å². The number of hydrogen-bond acceptors (Lipinski definition) is 2. The van der Waals surface area contributed by atoms with E-state index in [1.54, 1.807) is 6.07 Å². The molecule has 2 rings (SSSR count). The van der Waals surface area contributed by atoms with Gasteiger partial charge in [0.15, 0.2) is 0 Å². The molecule has 0 saturated carbocycles. The van der Waals surface area contributed by atoms with Crippen molar-refractivity contribution in [3.8, 4) is 0 Å². The van der Waals surface area contributed by atoms with E-state index in [-0.39, 0.29) is 5.91 Å². The molecule has 0 aliphatic carbocycles. The molecule has 3 N–H and O–H groups in total. The van der Waals surface area contributed by atoms with Crippen LogP contribution in [-0.4, -0.2) is 24.5 Å². The van der Waals surface area contributed by atoms with Crippen molar-refractivity contribution < 1.29 is 9.59 Å². The van der Waals surface area contributed by atoms with Crippen LogP contribution in [-0.2, 0) is 4.79 Å². The summed E-state index contributed by atoms with van der Waals surface area (Å²) in [5, 5.41) is 8.65. The number of hydrogen-bond donors (Lipinski definition) is 3. The highest BCUT2D eigenvalue weighted by Gasteiger charge is 2.22. The van der Waals surface area contributed by atoms with Gasteiger partial charge in [-0.15, -0.1) is 0 Å². The highest BCUT2D eigenvalue weighted by atomic mass is 35.5. The van der Waals surface area contributed by atoms with E-state index < -0.39 is 12.1 Å². The summed E-state index contributed by atoms with van der Waals surface area (Å²) in [6.45, 7) is 2.53. The minimum atomic E-state index is -0.486. The zero-order valence-corrected chi connectivity index (χ0v) is 12.1. The summed E-state index contributed by atoms with van der Waals surface area (Å²) in [5.74, 6) is -0.131. The van der Waals surface area contributed by atoms with E-state index in [4.69, 9.17) is 11.6 Å². The van der Waals surface area contributed by atoms with Crippen LogP contribution in [0.3, 0.4) is 0 Å². The van der Waals surface area contributed by atoms with E-state index in [0.29, 0.717) is 23.7 Å². The van der Waals surface area contributed by atoms with Gasteiger partial charge in [-0.1, -0.05) is 23.7 Å². The Kier molecular flexibility index (Phi) is 4.84. The van der Waals surface area contributed by atoms with Crippen LogP contribution in [0.5, 0.6) is 0 Å². The van der Waals surface area contributed by atoms with Crippen molar-refractivity contribution in [2.45, 2.75) is 32.2 Å². The molecule has 0 bridgehead atoms. The largest absolute Gasteiger partial charge is 0.354 e. The lowest BCUT2D eigenvalue weighted by atomic mass is 10.1. The lowest BCUT2D eigenvalue weighted by Gasteiger charge is -2.17. The van der Waals surface area contributed by atoms with Gasteiger partial charge in [0, 0.05) is 6.54 Å². The van der Waals surface area contributed by atoms with Crippen molar-refractivity contribution in [3.05, 3.63) is 28.8 Å². The Bertz CT molecular complexity index is 499. The lowest BCUT2D eigenvalue weighted by molar-refractivity contribution is -0.122. The monoisotopic (exact) mass is 295 g/mol. The molecule has 0 unspecified atom stereocenters. The molecule has 1 aromatic carbocycles. The fraction of sp³-hybridized carbons (Fsp3) is 0.429. The van der Waals surface area contributed by atoms with Gasteiger partial charge in [-0.2, -0.15) is 0 Å². The second-order valence-corrected chi connectivity index (χ2v) is 5.28. The second kappa shape index (κ2) is 6.61. The average Bonchev–Trinajstić information content (AvgIpc) is 2.60. The molecule has 1 aliphatic rings. The fourth-order valence-electron chi connectivity index (χ4n) is 2.18. The van der Waals surface area contributed by atoms with Crippen molar-refractivity contribution in [2.75, 3.05) is 11.9 Å². The summed E-state index contributed by atoms with van der Waals surface area (Å²) in [4.78, 5) is 23.7. The Morgan fingerprint density at radius 3 is 2.95 bits per heavy atom. The van der Waals surface area contributed by atoms with Crippen LogP contribution in [0.25, 0.3) is 0 Å². The topological polar surface area (TPSA) is 70.2 Å². The Balaban J connectivity index is 2.00. The number of halogens is 1. The van der Waals surface area contributed by atoms with Crippen LogP contribution in [0.15, 0.2) is 18.2 Å². The van der Waals surface area contributed by atoms with Gasteiger partial charge in [-0.3, -0.25) is 4.79 Å². The molecule has 0 spiro atoms. The van der Waals surface area contributed by atoms with Crippen molar-refractivity contribution >= 4 is 29.2 Å². The molecule has 0 aromatic heterocycles. The Labute approximate surface area is 123 Å². The van der Waals surface area contributed by atoms with Gasteiger partial charge >= 0.3 is 6.03 Å². The van der Waals surface area contributed by atoms with E-state index in [2.05, 4.69) is 16.0 Å². The number of para-hydroxylation sites is 1. The van der Waals surface area contributed by atoms with E-state index in [1.807, 2.05) is 19.1 Å². The molecule has 5 nitrogen and oxygen atoms in total. The first-order valence-electron chi connectivity index (χ1n) is 6.68. The molecule has 0 radical (unpaired) electrons. The minimum Gasteiger partial charge on any atom is -0.354 e. The highest BCUT2D eigenvalue weighted by molar-refractivity contribution is 6.33. The highest BCUT2D eigenvalue weighted by Crippen LogP contribution is 2.25. The third kappa shape index (κ3) is 3.63. The summed E-state index contributed by atoms with van der Waals surface area (Å²) < 4.78 is 0. The third-order valence-corrected chi connectivity index (χ3v) is 3.62. The molecule has 6 heteroatoms. The Morgan fingerprint density at radius 2 is 2.20 bits per heavy atom. The number of aryl methyl sites for hydroxylation is 1. The summed E-state index contributed by atoms with van der Waals surface area (Å²) in [7, 11) is 0. The number of amides is 3. The summed E-state index contributed by atoms with van der Waals surface area (Å²) in [6, 6.07) is 4.49. The number of urea groups is 1. The van der Waals surface area contributed by atoms with Crippen LogP contribution >= 0.6 is 11.6 Å². The number of rotatable bonds is 2. The summed E-state index contributed by atoms with van der Waals surface area (Å²) in [6.07, 6.45) is 2.50. The minimum absolute atomic E-state index is 0.131. The first-order valence-corrected chi connectivity index (χ1v) is 7.06. The number of anilines is 1. The predicted molar refractivity (Wildman–Crippen MR) is 79.0 cm³/mol. The van der Waals surface area contributed by atoms with Crippen LogP contribution in [0.1, 0.15) is 24.8 Å². The van der Waals surface area contributed by atoms with Crippen LogP contribution < -0.4 is 16.0 Å². The van der Waals surface area contributed by atoms with Crippen molar-refractivity contribution in [1.82, 2.24) is 10.6 Å². The second-order valence-electron chi connectivity index (χ2n) is 4.87. The smallest absolute Gasteiger partial charge is 0.319 e. The molecule has 3 amide bonds. The van der Waals surface area contributed by atoms with Gasteiger partial charge in [0.25, 0.3) is 0 Å². The van der Waals surface area contributed by atoms with Gasteiger partial charge in [0.05, 0.1) is 10.7 Å². The SMILES string of the molecule is Cc1cccc(Cl)c1NC(=O)N[C@H]1CCCCNC1=O. The molecule has 108 valence electrons. The molecule has 1 atom stereocenters. The van der Waals surface area contributed by atoms with Gasteiger partial charge in [-0.25, -0.2) is 4.79 Å². The molecule has 1 saturated heterocycles. The first-order chi connectivity index (χ1) is 9.58. The van der Waals surface area contributed by atoms with Crippen molar-refractivity contribution in [3.63, 3.8) is 0 Å². The zero-order chi connectivity index (χ0) is 14.5. The van der Waals surface area contributed by atoms with E-state index in [9.17, 15) is 9.59 Å². The number of carbonyl (C=O) groups is 2. The molecular formula is C14H18ClN3O2. The zero-order valence-electron chi connectivity index (χ0n) is 11.3. The lowest BCUT2D eigenvalue weighted by Crippen LogP contribution is -2.47. The number of carbonyl (C=O) groups excluding carboxylic acids is 2. The quantitative estimate of drug-likeness (QED) is 0.784. The molecule has 1 aromatic rings. The number of benzene rings is 1. The standard InChI is InChI=1S/C14H18ClN3O2/c1-9-5-4-6-10(15)12(9)18-14(20)17-11-7-2-3-8-16-13(11)19/h4-6,11H,2-3,7-8H2,1H3,(H,16,19)(H2,17,18,20)/t11-/m0/s1. The normalized spacial score (nSPS) is 18.9. The number of nitrogens with one attached hydrogen (secondary N) is 3. The van der Waals surface area contributed by atoms with E-state index >= 15 is 0 Å². The maximum atomic E-state index is 12.0. The molecule has 1 fully saturated rings. The predicted octanol–water partition coefficient (Wildman–Crippen LogP) is 2.44. The molecule has 1 aliphatic heterocycles. The van der Waals surface area contributed by atoms with Crippen LogP contribution in [0, 0.1) is 6.92 Å². The van der Waals surface area contributed by atoms with E-state index in [0.717, 1.165) is 18.4 Å². The van der Waals surface area contributed by atoms with Crippen molar-refractivity contribution in [1.29, 1.82) is 0 Å². The molecule has 1 heterocycles. The fourth-order valence-corrected chi connectivity index (χ4v) is 2.44.